The van der Waals surface area contributed by atoms with E-state index in [-0.39, 0.29) is 23.9 Å². The fourth-order valence-corrected chi connectivity index (χ4v) is 2.72. The van der Waals surface area contributed by atoms with E-state index in [0.29, 0.717) is 19.0 Å². The predicted molar refractivity (Wildman–Crippen MR) is 80.3 cm³/mol. The molecule has 3 rings (SSSR count). The summed E-state index contributed by atoms with van der Waals surface area (Å²) in [6, 6.07) is 0.765. The van der Waals surface area contributed by atoms with Gasteiger partial charge in [0.25, 0.3) is 0 Å². The highest BCUT2D eigenvalue weighted by molar-refractivity contribution is 5.35. The van der Waals surface area contributed by atoms with Crippen molar-refractivity contribution in [3.05, 3.63) is 23.9 Å². The molecular weight excluding hydrogens is 341 g/mol. The lowest BCUT2D eigenvalue weighted by molar-refractivity contribution is -0.141. The Morgan fingerprint density at radius 2 is 2.20 bits per heavy atom. The number of nitrogens with one attached hydrogen (secondary N) is 1. The van der Waals surface area contributed by atoms with Crippen LogP contribution in [0.25, 0.3) is 0 Å². The fraction of sp³-hybridized carbons (Fsp3) is 0.571. The molecule has 1 saturated heterocycles. The lowest BCUT2D eigenvalue weighted by atomic mass is 10.0. The second-order valence-electron chi connectivity index (χ2n) is 5.65. The second kappa shape index (κ2) is 6.82. The molecule has 0 saturated carbocycles. The van der Waals surface area contributed by atoms with E-state index in [1.165, 1.54) is 18.3 Å². The number of nitrogens with zero attached hydrogens (tertiary/aromatic N) is 5. The average Bonchev–Trinajstić information content (AvgIpc) is 3.24. The van der Waals surface area contributed by atoms with Crippen LogP contribution in [0, 0.1) is 0 Å². The van der Waals surface area contributed by atoms with Gasteiger partial charge in [-0.25, -0.2) is 9.97 Å². The van der Waals surface area contributed by atoms with Gasteiger partial charge in [-0.15, -0.1) is 0 Å². The summed E-state index contributed by atoms with van der Waals surface area (Å²) < 4.78 is 49.5. The Bertz CT molecular complexity index is 709. The number of rotatable bonds is 5. The first-order valence-electron chi connectivity index (χ1n) is 7.56. The largest absolute Gasteiger partial charge is 0.481 e. The van der Waals surface area contributed by atoms with Crippen LogP contribution in [0.1, 0.15) is 23.9 Å². The zero-order valence-electron chi connectivity index (χ0n) is 13.6. The van der Waals surface area contributed by atoms with Crippen LogP contribution in [0.5, 0.6) is 5.88 Å². The summed E-state index contributed by atoms with van der Waals surface area (Å²) in [6.07, 6.45) is -2.68. The summed E-state index contributed by atoms with van der Waals surface area (Å²) in [6.45, 7) is 0.840. The molecule has 0 spiro atoms. The van der Waals surface area contributed by atoms with Gasteiger partial charge in [0.1, 0.15) is 12.2 Å². The number of hydrogen-bond acceptors (Lipinski definition) is 7. The minimum Gasteiger partial charge on any atom is -0.481 e. The van der Waals surface area contributed by atoms with Crippen molar-refractivity contribution in [2.24, 2.45) is 0 Å². The van der Waals surface area contributed by atoms with E-state index in [1.54, 1.807) is 7.05 Å². The highest BCUT2D eigenvalue weighted by Crippen LogP contribution is 2.32. The van der Waals surface area contributed by atoms with Gasteiger partial charge in [-0.3, -0.25) is 5.10 Å². The summed E-state index contributed by atoms with van der Waals surface area (Å²) in [5.74, 6) is 0.442. The minimum absolute atomic E-state index is 0.0161. The topological polar surface area (TPSA) is 89.0 Å². The Balaban J connectivity index is 1.80. The van der Waals surface area contributed by atoms with E-state index in [4.69, 9.17) is 9.47 Å². The Morgan fingerprint density at radius 3 is 2.84 bits per heavy atom. The van der Waals surface area contributed by atoms with E-state index < -0.39 is 11.9 Å². The van der Waals surface area contributed by atoms with Crippen LogP contribution in [0.4, 0.5) is 19.1 Å². The van der Waals surface area contributed by atoms with E-state index >= 15 is 0 Å². The molecule has 0 radical (unpaired) electrons. The molecule has 1 N–H and O–H groups in total. The number of H-pyrrole nitrogens is 1. The molecule has 2 aromatic heterocycles. The molecule has 1 fully saturated rings. The van der Waals surface area contributed by atoms with Crippen LogP contribution in [-0.4, -0.2) is 58.6 Å². The first-order valence-corrected chi connectivity index (χ1v) is 7.56. The van der Waals surface area contributed by atoms with Gasteiger partial charge in [-0.05, 0) is 6.42 Å². The summed E-state index contributed by atoms with van der Waals surface area (Å²) in [7, 11) is 2.86. The van der Waals surface area contributed by atoms with Crippen molar-refractivity contribution in [1.29, 1.82) is 0 Å². The van der Waals surface area contributed by atoms with Gasteiger partial charge in [-0.2, -0.15) is 23.3 Å². The Morgan fingerprint density at radius 1 is 1.40 bits per heavy atom. The van der Waals surface area contributed by atoms with Crippen molar-refractivity contribution in [2.45, 2.75) is 24.6 Å². The predicted octanol–water partition coefficient (Wildman–Crippen LogP) is 1.63. The van der Waals surface area contributed by atoms with Gasteiger partial charge in [0.2, 0.25) is 11.8 Å². The Labute approximate surface area is 141 Å². The highest BCUT2D eigenvalue weighted by atomic mass is 19.4. The molecule has 0 aromatic carbocycles. The fourth-order valence-electron chi connectivity index (χ4n) is 2.72. The standard InChI is InChI=1S/C14H17F3N6O2/c1-23(6-9-8(3-4-25-9)12-18-7-19-22-12)13-20-10(14(15,16)17)5-11(21-13)24-2/h5,7-9H,3-4,6H2,1-2H3,(H,18,19,22)/t8-,9-/m0/s1. The number of methoxy groups -OCH3 is 1. The molecule has 8 nitrogen and oxygen atoms in total. The van der Waals surface area contributed by atoms with Crippen LogP contribution < -0.4 is 9.64 Å². The van der Waals surface area contributed by atoms with Crippen LogP contribution in [0.15, 0.2) is 12.4 Å². The number of aromatic nitrogens is 5. The number of ether oxygens (including phenoxy) is 2. The van der Waals surface area contributed by atoms with Gasteiger partial charge in [0.05, 0.1) is 13.2 Å². The SMILES string of the molecule is COc1cc(C(F)(F)F)nc(N(C)C[C@@H]2OCC[C@@H]2c2ncn[nH]2)n1. The maximum Gasteiger partial charge on any atom is 0.433 e. The first-order chi connectivity index (χ1) is 11.9. The van der Waals surface area contributed by atoms with Gasteiger partial charge < -0.3 is 14.4 Å². The monoisotopic (exact) mass is 358 g/mol. The van der Waals surface area contributed by atoms with Crippen LogP contribution in [0.2, 0.25) is 0 Å². The molecule has 1 aliphatic heterocycles. The summed E-state index contributed by atoms with van der Waals surface area (Å²) >= 11 is 0. The van der Waals surface area contributed by atoms with Gasteiger partial charge in [-0.1, -0.05) is 0 Å². The molecule has 3 heterocycles. The first kappa shape index (κ1) is 17.4. The number of hydrogen-bond donors (Lipinski definition) is 1. The second-order valence-corrected chi connectivity index (χ2v) is 5.65. The third-order valence-corrected chi connectivity index (χ3v) is 3.98. The molecule has 25 heavy (non-hydrogen) atoms. The van der Waals surface area contributed by atoms with E-state index in [1.807, 2.05) is 0 Å². The number of anilines is 1. The number of likely N-dealkylation sites (N-methyl/N-ethyl adjacent to an activating group) is 1. The van der Waals surface area contributed by atoms with Gasteiger partial charge >= 0.3 is 6.18 Å². The lowest BCUT2D eigenvalue weighted by Crippen LogP contribution is -2.33. The summed E-state index contributed by atoms with van der Waals surface area (Å²) in [5, 5.41) is 6.64. The van der Waals surface area contributed by atoms with Crippen molar-refractivity contribution in [1.82, 2.24) is 25.1 Å². The van der Waals surface area contributed by atoms with Crippen molar-refractivity contribution >= 4 is 5.95 Å². The number of halogens is 3. The molecule has 136 valence electrons. The maximum atomic E-state index is 13.0. The van der Waals surface area contributed by atoms with Crippen molar-refractivity contribution in [2.75, 3.05) is 32.2 Å². The van der Waals surface area contributed by atoms with E-state index in [0.717, 1.165) is 12.5 Å². The molecule has 0 amide bonds. The Hall–Kier alpha value is -2.43. The minimum atomic E-state index is -4.59. The smallest absolute Gasteiger partial charge is 0.433 e. The van der Waals surface area contributed by atoms with Gasteiger partial charge in [0.15, 0.2) is 5.69 Å². The molecule has 0 unspecified atom stereocenters. The van der Waals surface area contributed by atoms with Crippen LogP contribution >= 0.6 is 0 Å². The Kier molecular flexibility index (Phi) is 4.75. The molecule has 2 atom stereocenters. The third kappa shape index (κ3) is 3.81. The van der Waals surface area contributed by atoms with Crippen LogP contribution in [-0.2, 0) is 10.9 Å². The summed E-state index contributed by atoms with van der Waals surface area (Å²) in [4.78, 5) is 13.2. The molecule has 11 heteroatoms. The molecule has 2 aromatic rings. The van der Waals surface area contributed by atoms with Crippen molar-refractivity contribution in [3.8, 4) is 5.88 Å². The average molecular weight is 358 g/mol. The third-order valence-electron chi connectivity index (χ3n) is 3.98. The molecule has 0 aliphatic carbocycles. The van der Waals surface area contributed by atoms with Crippen molar-refractivity contribution in [3.63, 3.8) is 0 Å². The highest BCUT2D eigenvalue weighted by Gasteiger charge is 2.36. The maximum absolute atomic E-state index is 13.0. The van der Waals surface area contributed by atoms with E-state index in [2.05, 4.69) is 25.1 Å². The van der Waals surface area contributed by atoms with E-state index in [9.17, 15) is 13.2 Å². The lowest BCUT2D eigenvalue weighted by Gasteiger charge is -2.24. The number of aromatic amines is 1. The molecular formula is C14H17F3N6O2. The zero-order valence-corrected chi connectivity index (χ0v) is 13.6. The molecule has 0 bridgehead atoms. The van der Waals surface area contributed by atoms with Gasteiger partial charge in [0, 0.05) is 32.2 Å². The number of alkyl halides is 3. The normalized spacial score (nSPS) is 20.7. The zero-order chi connectivity index (χ0) is 18.0. The molecule has 1 aliphatic rings. The van der Waals surface area contributed by atoms with Crippen LogP contribution in [0.3, 0.4) is 0 Å². The quantitative estimate of drug-likeness (QED) is 0.869. The summed E-state index contributed by atoms with van der Waals surface area (Å²) in [5.41, 5.74) is -1.06. The van der Waals surface area contributed by atoms with Crippen molar-refractivity contribution < 1.29 is 22.6 Å².